The first kappa shape index (κ1) is 18.4. The van der Waals surface area contributed by atoms with E-state index >= 15 is 0 Å². The van der Waals surface area contributed by atoms with Crippen molar-refractivity contribution >= 4 is 33.1 Å². The summed E-state index contributed by atoms with van der Waals surface area (Å²) >= 11 is 3.39. The molecule has 0 bridgehead atoms. The molecule has 0 aromatic carbocycles. The van der Waals surface area contributed by atoms with Gasteiger partial charge in [-0.15, -0.1) is 0 Å². The van der Waals surface area contributed by atoms with E-state index < -0.39 is 0 Å². The van der Waals surface area contributed by atoms with Gasteiger partial charge in [-0.1, -0.05) is 11.6 Å². The molecule has 0 saturated carbocycles. The fourth-order valence-corrected chi connectivity index (χ4v) is 4.70. The van der Waals surface area contributed by atoms with Crippen LogP contribution in [0.2, 0.25) is 0 Å². The number of fused-ring (bicyclic) bond motifs is 1. The molecular weight excluding hydrogens is 432 g/mol. The number of rotatable bonds is 2. The third-order valence-corrected chi connectivity index (χ3v) is 6.18. The van der Waals surface area contributed by atoms with Gasteiger partial charge in [0.25, 0.3) is 5.91 Å². The Kier molecular flexibility index (Phi) is 4.42. The summed E-state index contributed by atoms with van der Waals surface area (Å²) in [5.74, 6) is 1.72. The van der Waals surface area contributed by atoms with Gasteiger partial charge in [0.2, 0.25) is 0 Å². The highest BCUT2D eigenvalue weighted by molar-refractivity contribution is 9.10. The Morgan fingerprint density at radius 1 is 1.31 bits per heavy atom. The molecule has 0 spiro atoms. The van der Waals surface area contributed by atoms with Crippen LogP contribution in [0.3, 0.4) is 0 Å². The topological polar surface area (TPSA) is 63.6 Å². The summed E-state index contributed by atoms with van der Waals surface area (Å²) < 4.78 is 8.37. The number of amides is 1. The number of hydrogen-bond acceptors (Lipinski definition) is 4. The van der Waals surface area contributed by atoms with Crippen LogP contribution in [0, 0.1) is 6.92 Å². The maximum atomic E-state index is 13.3. The van der Waals surface area contributed by atoms with E-state index in [0.717, 1.165) is 40.8 Å². The summed E-state index contributed by atoms with van der Waals surface area (Å²) in [6, 6.07) is 5.73. The predicted octanol–water partition coefficient (Wildman–Crippen LogP) is 4.80. The van der Waals surface area contributed by atoms with Gasteiger partial charge in [0.05, 0.1) is 10.5 Å². The normalized spacial score (nSPS) is 19.5. The Balaban J connectivity index is 1.48. The van der Waals surface area contributed by atoms with Crippen LogP contribution < -0.4 is 0 Å². The van der Waals surface area contributed by atoms with Gasteiger partial charge < -0.3 is 9.32 Å². The molecule has 0 saturated heterocycles. The van der Waals surface area contributed by atoms with Crippen molar-refractivity contribution in [3.63, 3.8) is 0 Å². The molecule has 1 amide bonds. The van der Waals surface area contributed by atoms with Crippen LogP contribution in [0.1, 0.15) is 48.2 Å². The molecule has 1 aliphatic heterocycles. The lowest BCUT2D eigenvalue weighted by Gasteiger charge is -2.39. The van der Waals surface area contributed by atoms with Crippen molar-refractivity contribution in [1.82, 2.24) is 19.5 Å². The average molecular weight is 453 g/mol. The van der Waals surface area contributed by atoms with E-state index in [9.17, 15) is 4.79 Å². The standard InChI is InChI=1S/C22H21BrN4O2/c1-13-6-7-19(29-13)17-5-3-4-15-8-9-26(14(2)21(15)17)22(28)18-10-20-24-11-16(23)12-27(20)25-18/h5-7,10-12,14H,3-4,8-9H2,1-2H3. The molecule has 29 heavy (non-hydrogen) atoms. The van der Waals surface area contributed by atoms with Crippen molar-refractivity contribution in [2.75, 3.05) is 6.54 Å². The molecule has 0 N–H and O–H groups in total. The van der Waals surface area contributed by atoms with Crippen LogP contribution in [0.15, 0.2) is 56.7 Å². The highest BCUT2D eigenvalue weighted by atomic mass is 79.9. The molecule has 148 valence electrons. The molecular formula is C22H21BrN4O2. The maximum Gasteiger partial charge on any atom is 0.274 e. The van der Waals surface area contributed by atoms with Gasteiger partial charge in [-0.25, -0.2) is 9.50 Å². The van der Waals surface area contributed by atoms with Crippen LogP contribution in [0.5, 0.6) is 0 Å². The van der Waals surface area contributed by atoms with Gasteiger partial charge in [0.1, 0.15) is 11.5 Å². The van der Waals surface area contributed by atoms with Gasteiger partial charge >= 0.3 is 0 Å². The SMILES string of the molecule is Cc1ccc(C2=CCCC3=C2C(C)N(C(=O)c2cc4ncc(Br)cn4n2)CC3)o1. The van der Waals surface area contributed by atoms with Gasteiger partial charge in [-0.05, 0) is 66.7 Å². The molecule has 0 radical (unpaired) electrons. The van der Waals surface area contributed by atoms with Crippen LogP contribution >= 0.6 is 15.9 Å². The summed E-state index contributed by atoms with van der Waals surface area (Å²) in [5, 5.41) is 4.45. The van der Waals surface area contributed by atoms with Crippen molar-refractivity contribution in [2.45, 2.75) is 39.2 Å². The molecule has 6 nitrogen and oxygen atoms in total. The molecule has 0 fully saturated rings. The molecule has 1 unspecified atom stereocenters. The quantitative estimate of drug-likeness (QED) is 0.559. The van der Waals surface area contributed by atoms with Gasteiger partial charge in [0, 0.05) is 30.6 Å². The largest absolute Gasteiger partial charge is 0.461 e. The van der Waals surface area contributed by atoms with Crippen molar-refractivity contribution in [1.29, 1.82) is 0 Å². The zero-order valence-corrected chi connectivity index (χ0v) is 17.9. The minimum atomic E-state index is -0.0637. The second-order valence-corrected chi connectivity index (χ2v) is 8.53. The van der Waals surface area contributed by atoms with E-state index in [1.807, 2.05) is 24.0 Å². The van der Waals surface area contributed by atoms with Crippen molar-refractivity contribution in [3.8, 4) is 0 Å². The van der Waals surface area contributed by atoms with Crippen molar-refractivity contribution < 1.29 is 9.21 Å². The fraction of sp³-hybridized carbons (Fsp3) is 0.318. The number of aryl methyl sites for hydroxylation is 1. The monoisotopic (exact) mass is 452 g/mol. The number of hydrogen-bond donors (Lipinski definition) is 0. The van der Waals surface area contributed by atoms with E-state index in [4.69, 9.17) is 4.42 Å². The van der Waals surface area contributed by atoms with Gasteiger partial charge in [-0.2, -0.15) is 5.10 Å². The summed E-state index contributed by atoms with van der Waals surface area (Å²) in [7, 11) is 0. The van der Waals surface area contributed by atoms with E-state index in [-0.39, 0.29) is 11.9 Å². The molecule has 5 rings (SSSR count). The van der Waals surface area contributed by atoms with Crippen molar-refractivity contribution in [3.05, 3.63) is 69.5 Å². The van der Waals surface area contributed by atoms with E-state index in [1.165, 1.54) is 11.1 Å². The number of carbonyl (C=O) groups is 1. The number of furan rings is 1. The maximum absolute atomic E-state index is 13.3. The lowest BCUT2D eigenvalue weighted by atomic mass is 9.81. The number of aromatic nitrogens is 3. The lowest BCUT2D eigenvalue weighted by molar-refractivity contribution is 0.0702. The van der Waals surface area contributed by atoms with Crippen LogP contribution in [-0.4, -0.2) is 38.0 Å². The number of halogens is 1. The van der Waals surface area contributed by atoms with E-state index in [0.29, 0.717) is 17.9 Å². The second kappa shape index (κ2) is 6.99. The summed E-state index contributed by atoms with van der Waals surface area (Å²) in [6.45, 7) is 4.76. The summed E-state index contributed by atoms with van der Waals surface area (Å²) in [4.78, 5) is 19.6. The number of carbonyl (C=O) groups excluding carboxylic acids is 1. The minimum absolute atomic E-state index is 0.0345. The first-order valence-corrected chi connectivity index (χ1v) is 10.6. The lowest BCUT2D eigenvalue weighted by Crippen LogP contribution is -2.44. The fourth-order valence-electron chi connectivity index (χ4n) is 4.41. The van der Waals surface area contributed by atoms with Crippen molar-refractivity contribution in [2.24, 2.45) is 0 Å². The molecule has 1 aliphatic carbocycles. The number of allylic oxidation sites excluding steroid dienone is 1. The minimum Gasteiger partial charge on any atom is -0.461 e. The molecule has 3 aromatic rings. The molecule has 4 heterocycles. The first-order valence-electron chi connectivity index (χ1n) is 9.82. The molecule has 1 atom stereocenters. The second-order valence-electron chi connectivity index (χ2n) is 7.61. The molecule has 3 aromatic heterocycles. The van der Waals surface area contributed by atoms with Crippen LogP contribution in [-0.2, 0) is 0 Å². The third kappa shape index (κ3) is 3.13. The third-order valence-electron chi connectivity index (χ3n) is 5.77. The Hall–Kier alpha value is -2.67. The Morgan fingerprint density at radius 3 is 2.97 bits per heavy atom. The van der Waals surface area contributed by atoms with Gasteiger partial charge in [0.15, 0.2) is 11.3 Å². The molecule has 2 aliphatic rings. The Labute approximate surface area is 177 Å². The van der Waals surface area contributed by atoms with Gasteiger partial charge in [-0.3, -0.25) is 4.79 Å². The zero-order chi connectivity index (χ0) is 20.1. The molecule has 7 heteroatoms. The summed E-state index contributed by atoms with van der Waals surface area (Å²) in [6.07, 6.45) is 8.71. The first-order chi connectivity index (χ1) is 14.0. The van der Waals surface area contributed by atoms with Crippen LogP contribution in [0.25, 0.3) is 11.2 Å². The highest BCUT2D eigenvalue weighted by Gasteiger charge is 2.35. The highest BCUT2D eigenvalue weighted by Crippen LogP contribution is 2.40. The Morgan fingerprint density at radius 2 is 2.17 bits per heavy atom. The van der Waals surface area contributed by atoms with Crippen LogP contribution in [0.4, 0.5) is 0 Å². The Bertz CT molecular complexity index is 1190. The summed E-state index contributed by atoms with van der Waals surface area (Å²) in [5.41, 5.74) is 4.88. The predicted molar refractivity (Wildman–Crippen MR) is 113 cm³/mol. The smallest absolute Gasteiger partial charge is 0.274 e. The van der Waals surface area contributed by atoms with E-state index in [1.54, 1.807) is 23.0 Å². The zero-order valence-electron chi connectivity index (χ0n) is 16.4. The average Bonchev–Trinajstić information content (AvgIpc) is 3.33. The van der Waals surface area contributed by atoms with E-state index in [2.05, 4.69) is 39.0 Å². The number of nitrogens with zero attached hydrogens (tertiary/aromatic N) is 4.